The number of non-ortho nitro benzene ring substituents is 1. The number of nitrogens with one attached hydrogen (secondary N) is 2. The van der Waals surface area contributed by atoms with Crippen molar-refractivity contribution in [3.05, 3.63) is 69.3 Å². The van der Waals surface area contributed by atoms with Crippen molar-refractivity contribution in [1.29, 1.82) is 0 Å². The highest BCUT2D eigenvalue weighted by Crippen LogP contribution is 2.40. The number of nitrogens with zero attached hydrogens (tertiary/aromatic N) is 1. The molecule has 4 N–H and O–H groups in total. The maximum Gasteiger partial charge on any atom is 0.269 e. The summed E-state index contributed by atoms with van der Waals surface area (Å²) in [6, 6.07) is 7.31. The molecule has 0 amide bonds. The molecule has 2 saturated heterocycles. The fourth-order valence-corrected chi connectivity index (χ4v) is 5.41. The number of benzene rings is 2. The Hall–Kier alpha value is -3.00. The van der Waals surface area contributed by atoms with Crippen LogP contribution in [0.4, 0.5) is 37.7 Å². The summed E-state index contributed by atoms with van der Waals surface area (Å²) in [6.07, 6.45) is -0.00633. The predicted octanol–water partition coefficient (Wildman–Crippen LogP) is 6.35. The van der Waals surface area contributed by atoms with E-state index in [1.54, 1.807) is 13.8 Å². The highest BCUT2D eigenvalue weighted by atomic mass is 32.1. The number of rotatable bonds is 5. The second-order valence-corrected chi connectivity index (χ2v) is 11.2. The van der Waals surface area contributed by atoms with Gasteiger partial charge in [0.2, 0.25) is 0 Å². The van der Waals surface area contributed by atoms with Crippen molar-refractivity contribution in [1.82, 2.24) is 10.6 Å². The number of hydrogen-bond donors (Lipinski definition) is 3. The first-order chi connectivity index (χ1) is 18.5. The molecule has 2 fully saturated rings. The smallest absolute Gasteiger partial charge is 0.269 e. The molecule has 0 aromatic heterocycles. The van der Waals surface area contributed by atoms with Crippen LogP contribution in [0.1, 0.15) is 50.7 Å². The lowest BCUT2D eigenvalue weighted by atomic mass is 9.79. The van der Waals surface area contributed by atoms with E-state index in [0.29, 0.717) is 11.3 Å². The van der Waals surface area contributed by atoms with Gasteiger partial charge in [0, 0.05) is 28.9 Å². The molecule has 2 aromatic carbocycles. The van der Waals surface area contributed by atoms with Crippen LogP contribution in [-0.4, -0.2) is 39.6 Å². The van der Waals surface area contributed by atoms with Gasteiger partial charge >= 0.3 is 0 Å². The zero-order valence-corrected chi connectivity index (χ0v) is 23.3. The van der Waals surface area contributed by atoms with Gasteiger partial charge in [-0.2, -0.15) is 0 Å². The molecular formula is C26H28F6N4O2S2. The van der Waals surface area contributed by atoms with Crippen LogP contribution in [0, 0.1) is 21.7 Å². The minimum absolute atomic E-state index is 0.0139. The lowest BCUT2D eigenvalue weighted by Gasteiger charge is -2.42. The van der Waals surface area contributed by atoms with Crippen LogP contribution < -0.4 is 16.4 Å². The first-order valence-electron chi connectivity index (χ1n) is 12.2. The number of thiocarbonyl (C=S) groups is 2. The average molecular weight is 607 g/mol. The normalized spacial score (nSPS) is 30.0. The van der Waals surface area contributed by atoms with E-state index in [9.17, 15) is 36.5 Å². The van der Waals surface area contributed by atoms with Crippen molar-refractivity contribution in [2.45, 2.75) is 61.9 Å². The van der Waals surface area contributed by atoms with Gasteiger partial charge in [0.05, 0.1) is 16.0 Å². The molecule has 2 heterocycles. The molecule has 0 unspecified atom stereocenters. The Bertz CT molecular complexity index is 1340. The van der Waals surface area contributed by atoms with Crippen LogP contribution in [0.3, 0.4) is 0 Å². The molecule has 0 spiro atoms. The number of alkyl halides is 4. The SMILES string of the molecule is C[C@@]1(c2cc(N)ccc2F)CC[C@@](F)(CF)C(=S)N1.C[C@@]1(c2cc([N+](=O)[O-])ccc2F)CC[C@@](F)(CF)C(=S)N1. The molecule has 0 bridgehead atoms. The van der Waals surface area contributed by atoms with Gasteiger partial charge in [0.1, 0.15) is 35.0 Å². The van der Waals surface area contributed by atoms with Crippen LogP contribution in [0.25, 0.3) is 0 Å². The summed E-state index contributed by atoms with van der Waals surface area (Å²) < 4.78 is 81.5. The molecule has 2 aliphatic heterocycles. The average Bonchev–Trinajstić information content (AvgIpc) is 2.91. The van der Waals surface area contributed by atoms with Gasteiger partial charge < -0.3 is 16.4 Å². The van der Waals surface area contributed by atoms with Gasteiger partial charge in [0.25, 0.3) is 5.69 Å². The van der Waals surface area contributed by atoms with E-state index >= 15 is 0 Å². The van der Waals surface area contributed by atoms with Crippen LogP contribution in [-0.2, 0) is 11.1 Å². The van der Waals surface area contributed by atoms with E-state index < -0.39 is 52.3 Å². The standard InChI is InChI=1S/C13H13F3N2O2S.C13H15F3N2S/c1-12(4-5-13(16,7-14)11(21)17-12)9-6-8(18(19)20)2-3-10(9)15;1-12(9-6-8(17)2-3-10(9)15)4-5-13(16,7-14)11(19)18-12/h2-3,6H,4-5,7H2,1H3,(H,17,21);2-3,6H,4-5,7,17H2,1H3,(H,18,19)/t2*12-,13+/m00/s1. The molecule has 0 radical (unpaired) electrons. The zero-order valence-electron chi connectivity index (χ0n) is 21.6. The maximum atomic E-state index is 14.1. The Labute approximate surface area is 237 Å². The lowest BCUT2D eigenvalue weighted by molar-refractivity contribution is -0.385. The summed E-state index contributed by atoms with van der Waals surface area (Å²) in [5.74, 6) is -1.11. The Kier molecular flexibility index (Phi) is 9.04. The molecule has 4 rings (SSSR count). The molecule has 40 heavy (non-hydrogen) atoms. The number of halogens is 6. The highest BCUT2D eigenvalue weighted by Gasteiger charge is 2.47. The summed E-state index contributed by atoms with van der Waals surface area (Å²) in [5, 5.41) is 16.1. The summed E-state index contributed by atoms with van der Waals surface area (Å²) >= 11 is 9.72. The van der Waals surface area contributed by atoms with E-state index in [2.05, 4.69) is 10.6 Å². The minimum atomic E-state index is -2.26. The molecule has 6 nitrogen and oxygen atoms in total. The van der Waals surface area contributed by atoms with E-state index in [-0.39, 0.29) is 46.9 Å². The quantitative estimate of drug-likeness (QED) is 0.120. The number of nitrogen functional groups attached to an aromatic ring is 1. The van der Waals surface area contributed by atoms with Gasteiger partial charge in [-0.3, -0.25) is 10.1 Å². The van der Waals surface area contributed by atoms with Crippen LogP contribution in [0.5, 0.6) is 0 Å². The van der Waals surface area contributed by atoms with E-state index in [0.717, 1.165) is 18.2 Å². The molecule has 14 heteroatoms. The van der Waals surface area contributed by atoms with Crippen molar-refractivity contribution < 1.29 is 31.3 Å². The first-order valence-corrected chi connectivity index (χ1v) is 13.0. The van der Waals surface area contributed by atoms with E-state index in [4.69, 9.17) is 30.2 Å². The largest absolute Gasteiger partial charge is 0.399 e. The van der Waals surface area contributed by atoms with E-state index in [1.165, 1.54) is 18.2 Å². The molecule has 4 atom stereocenters. The van der Waals surface area contributed by atoms with Crippen molar-refractivity contribution in [2.75, 3.05) is 19.1 Å². The minimum Gasteiger partial charge on any atom is -0.399 e. The number of nitrogens with two attached hydrogens (primary N) is 1. The third-order valence-corrected chi connectivity index (χ3v) is 8.33. The maximum absolute atomic E-state index is 14.1. The molecule has 0 aliphatic carbocycles. The molecule has 0 saturated carbocycles. The zero-order chi connectivity index (χ0) is 30.1. The summed E-state index contributed by atoms with van der Waals surface area (Å²) in [6.45, 7) is 0.828. The van der Waals surface area contributed by atoms with Crippen LogP contribution >= 0.6 is 24.4 Å². The molecular weight excluding hydrogens is 578 g/mol. The van der Waals surface area contributed by atoms with Gasteiger partial charge in [-0.05, 0) is 63.8 Å². The third kappa shape index (κ3) is 6.17. The molecule has 218 valence electrons. The lowest BCUT2D eigenvalue weighted by Crippen LogP contribution is -2.57. The van der Waals surface area contributed by atoms with E-state index in [1.807, 2.05) is 0 Å². The van der Waals surface area contributed by atoms with Gasteiger partial charge in [0.15, 0.2) is 11.3 Å². The van der Waals surface area contributed by atoms with Gasteiger partial charge in [-0.15, -0.1) is 0 Å². The summed E-state index contributed by atoms with van der Waals surface area (Å²) in [5.41, 5.74) is -0.282. The number of piperidine rings is 2. The fourth-order valence-electron chi connectivity index (χ4n) is 4.65. The topological polar surface area (TPSA) is 93.2 Å². The Morgan fingerprint density at radius 2 is 1.27 bits per heavy atom. The van der Waals surface area contributed by atoms with Crippen molar-refractivity contribution >= 4 is 45.8 Å². The van der Waals surface area contributed by atoms with Gasteiger partial charge in [-0.25, -0.2) is 26.3 Å². The summed E-state index contributed by atoms with van der Waals surface area (Å²) in [7, 11) is 0. The van der Waals surface area contributed by atoms with Gasteiger partial charge in [-0.1, -0.05) is 24.4 Å². The molecule has 2 aliphatic rings. The second kappa shape index (κ2) is 11.5. The monoisotopic (exact) mass is 606 g/mol. The highest BCUT2D eigenvalue weighted by molar-refractivity contribution is 7.80. The third-order valence-electron chi connectivity index (χ3n) is 7.40. The van der Waals surface area contributed by atoms with Crippen molar-refractivity contribution in [3.8, 4) is 0 Å². The van der Waals surface area contributed by atoms with Crippen LogP contribution in [0.15, 0.2) is 36.4 Å². The summed E-state index contributed by atoms with van der Waals surface area (Å²) in [4.78, 5) is 9.59. The number of anilines is 1. The molecule has 2 aromatic rings. The van der Waals surface area contributed by atoms with Crippen molar-refractivity contribution in [2.24, 2.45) is 0 Å². The predicted molar refractivity (Wildman–Crippen MR) is 148 cm³/mol. The Morgan fingerprint density at radius 3 is 1.68 bits per heavy atom. The fraction of sp³-hybridized carbons (Fsp3) is 0.462. The van der Waals surface area contributed by atoms with Crippen LogP contribution in [0.2, 0.25) is 0 Å². The second-order valence-electron chi connectivity index (χ2n) is 10.4. The number of nitro groups is 1. The Balaban J connectivity index is 0.000000222. The number of hydrogen-bond acceptors (Lipinski definition) is 5. The first kappa shape index (κ1) is 31.5. The van der Waals surface area contributed by atoms with Crippen molar-refractivity contribution in [3.63, 3.8) is 0 Å². The Morgan fingerprint density at radius 1 is 0.850 bits per heavy atom. The number of nitro benzene ring substituents is 1.